The van der Waals surface area contributed by atoms with Crippen molar-refractivity contribution in [3.05, 3.63) is 65.5 Å². The van der Waals surface area contributed by atoms with Crippen LogP contribution in [0.4, 0.5) is 4.39 Å². The Morgan fingerprint density at radius 3 is 2.24 bits per heavy atom. The van der Waals surface area contributed by atoms with Crippen LogP contribution in [0.1, 0.15) is 29.3 Å². The van der Waals surface area contributed by atoms with Gasteiger partial charge in [0.25, 0.3) is 0 Å². The molecule has 2 aromatic carbocycles. The van der Waals surface area contributed by atoms with Crippen molar-refractivity contribution >= 4 is 15.6 Å². The van der Waals surface area contributed by atoms with Crippen LogP contribution in [0.2, 0.25) is 0 Å². The fourth-order valence-electron chi connectivity index (χ4n) is 1.96. The topological polar surface area (TPSA) is 51.2 Å². The van der Waals surface area contributed by atoms with Gasteiger partial charge in [-0.05, 0) is 18.2 Å². The van der Waals surface area contributed by atoms with Gasteiger partial charge in [0.15, 0.2) is 15.6 Å². The van der Waals surface area contributed by atoms with Crippen molar-refractivity contribution in [2.75, 3.05) is 0 Å². The van der Waals surface area contributed by atoms with Crippen molar-refractivity contribution in [3.63, 3.8) is 0 Å². The minimum absolute atomic E-state index is 0.0481. The van der Waals surface area contributed by atoms with Gasteiger partial charge < -0.3 is 0 Å². The van der Waals surface area contributed by atoms with Crippen molar-refractivity contribution < 1.29 is 17.6 Å². The molecule has 0 amide bonds. The Morgan fingerprint density at radius 2 is 1.67 bits per heavy atom. The molecule has 2 aromatic rings. The van der Waals surface area contributed by atoms with Crippen LogP contribution in [-0.2, 0) is 15.6 Å². The molecule has 0 unspecified atom stereocenters. The summed E-state index contributed by atoms with van der Waals surface area (Å²) in [5.74, 6) is -0.993. The van der Waals surface area contributed by atoms with E-state index >= 15 is 0 Å². The van der Waals surface area contributed by atoms with Gasteiger partial charge in [-0.2, -0.15) is 0 Å². The Morgan fingerprint density at radius 1 is 1.05 bits per heavy atom. The highest BCUT2D eigenvalue weighted by atomic mass is 32.2. The molecule has 5 heteroatoms. The van der Waals surface area contributed by atoms with Gasteiger partial charge in [0.1, 0.15) is 5.82 Å². The summed E-state index contributed by atoms with van der Waals surface area (Å²) in [4.78, 5) is 11.6. The highest BCUT2D eigenvalue weighted by molar-refractivity contribution is 7.90. The number of hydrogen-bond donors (Lipinski definition) is 0. The van der Waals surface area contributed by atoms with Gasteiger partial charge >= 0.3 is 0 Å². The molecule has 0 fully saturated rings. The molecule has 0 N–H and O–H groups in total. The van der Waals surface area contributed by atoms with Crippen LogP contribution < -0.4 is 0 Å². The first kappa shape index (κ1) is 15.4. The molecular formula is C16H15FO3S. The van der Waals surface area contributed by atoms with E-state index in [1.165, 1.54) is 42.5 Å². The molecule has 0 bridgehead atoms. The second kappa shape index (κ2) is 6.18. The third-order valence-electron chi connectivity index (χ3n) is 3.16. The maximum absolute atomic E-state index is 13.5. The molecule has 0 atom stereocenters. The monoisotopic (exact) mass is 306 g/mol. The van der Waals surface area contributed by atoms with Crippen molar-refractivity contribution in [1.82, 2.24) is 0 Å². The number of sulfone groups is 1. The van der Waals surface area contributed by atoms with Gasteiger partial charge in [0.2, 0.25) is 0 Å². The van der Waals surface area contributed by atoms with E-state index in [-0.39, 0.29) is 16.2 Å². The summed E-state index contributed by atoms with van der Waals surface area (Å²) in [7, 11) is -3.64. The number of Topliss-reactive ketones (excluding diaryl/α,β-unsaturated/α-hetero) is 1. The Bertz CT molecular complexity index is 749. The summed E-state index contributed by atoms with van der Waals surface area (Å²) in [6, 6.07) is 11.5. The molecule has 0 saturated carbocycles. The van der Waals surface area contributed by atoms with E-state index in [4.69, 9.17) is 0 Å². The lowest BCUT2D eigenvalue weighted by molar-refractivity contribution is 0.0988. The Kier molecular flexibility index (Phi) is 4.53. The summed E-state index contributed by atoms with van der Waals surface area (Å²) in [5, 5.41) is 0. The van der Waals surface area contributed by atoms with E-state index in [1.807, 2.05) is 0 Å². The van der Waals surface area contributed by atoms with Gasteiger partial charge in [-0.3, -0.25) is 4.79 Å². The van der Waals surface area contributed by atoms with E-state index in [1.54, 1.807) is 13.0 Å². The summed E-state index contributed by atoms with van der Waals surface area (Å²) in [6.45, 7) is 1.74. The lowest BCUT2D eigenvalue weighted by Crippen LogP contribution is -2.07. The van der Waals surface area contributed by atoms with Crippen molar-refractivity contribution in [1.29, 1.82) is 0 Å². The molecule has 110 valence electrons. The van der Waals surface area contributed by atoms with Crippen LogP contribution >= 0.6 is 0 Å². The molecule has 0 heterocycles. The van der Waals surface area contributed by atoms with Crippen LogP contribution in [0.5, 0.6) is 0 Å². The quantitative estimate of drug-likeness (QED) is 0.796. The third kappa shape index (κ3) is 3.55. The Balaban J connectivity index is 2.28. The first-order chi connectivity index (χ1) is 9.94. The molecule has 0 aromatic heterocycles. The fourth-order valence-corrected chi connectivity index (χ4v) is 3.32. The molecular weight excluding hydrogens is 291 g/mol. The van der Waals surface area contributed by atoms with Gasteiger partial charge in [-0.1, -0.05) is 37.3 Å². The second-order valence-electron chi connectivity index (χ2n) is 4.65. The van der Waals surface area contributed by atoms with Crippen molar-refractivity contribution in [3.8, 4) is 0 Å². The Hall–Kier alpha value is -2.01. The van der Waals surface area contributed by atoms with E-state index in [9.17, 15) is 17.6 Å². The molecule has 2 rings (SSSR count). The molecule has 0 aliphatic heterocycles. The number of benzene rings is 2. The van der Waals surface area contributed by atoms with Crippen LogP contribution in [0.15, 0.2) is 53.4 Å². The molecule has 0 radical (unpaired) electrons. The Labute approximate surface area is 123 Å². The minimum atomic E-state index is -3.64. The van der Waals surface area contributed by atoms with Crippen molar-refractivity contribution in [2.24, 2.45) is 0 Å². The van der Waals surface area contributed by atoms with Crippen LogP contribution in [-0.4, -0.2) is 14.2 Å². The summed E-state index contributed by atoms with van der Waals surface area (Å²) in [5.41, 5.74) is 0.605. The zero-order valence-electron chi connectivity index (χ0n) is 11.5. The lowest BCUT2D eigenvalue weighted by Gasteiger charge is -2.06. The smallest absolute Gasteiger partial charge is 0.182 e. The molecule has 0 spiro atoms. The normalized spacial score (nSPS) is 11.3. The maximum atomic E-state index is 13.5. The molecule has 0 aliphatic carbocycles. The van der Waals surface area contributed by atoms with E-state index in [0.29, 0.717) is 12.0 Å². The number of ketones is 1. The van der Waals surface area contributed by atoms with Gasteiger partial charge in [0, 0.05) is 17.5 Å². The zero-order chi connectivity index (χ0) is 15.5. The third-order valence-corrected chi connectivity index (χ3v) is 4.84. The van der Waals surface area contributed by atoms with E-state index in [2.05, 4.69) is 0 Å². The predicted molar refractivity (Wildman–Crippen MR) is 78.4 cm³/mol. The standard InChI is InChI=1S/C16H15FO3S/c1-2-16(18)12-7-9-14(10-8-12)21(19,20)11-13-5-3-4-6-15(13)17/h3-10H,2,11H2,1H3. The summed E-state index contributed by atoms with van der Waals surface area (Å²) < 4.78 is 38.0. The summed E-state index contributed by atoms with van der Waals surface area (Å²) >= 11 is 0. The number of hydrogen-bond acceptors (Lipinski definition) is 3. The van der Waals surface area contributed by atoms with Crippen LogP contribution in [0, 0.1) is 5.82 Å². The molecule has 0 saturated heterocycles. The average Bonchev–Trinajstić information content (AvgIpc) is 2.49. The molecule has 21 heavy (non-hydrogen) atoms. The SMILES string of the molecule is CCC(=O)c1ccc(S(=O)(=O)Cc2ccccc2F)cc1. The molecule has 3 nitrogen and oxygen atoms in total. The van der Waals surface area contributed by atoms with Gasteiger partial charge in [-0.25, -0.2) is 12.8 Å². The van der Waals surface area contributed by atoms with E-state index < -0.39 is 21.4 Å². The maximum Gasteiger partial charge on any atom is 0.182 e. The highest BCUT2D eigenvalue weighted by Crippen LogP contribution is 2.19. The lowest BCUT2D eigenvalue weighted by atomic mass is 10.1. The number of carbonyl (C=O) groups is 1. The first-order valence-electron chi connectivity index (χ1n) is 6.53. The van der Waals surface area contributed by atoms with Crippen LogP contribution in [0.3, 0.4) is 0 Å². The first-order valence-corrected chi connectivity index (χ1v) is 8.18. The number of halogens is 1. The molecule has 0 aliphatic rings. The summed E-state index contributed by atoms with van der Waals surface area (Å²) in [6.07, 6.45) is 0.362. The van der Waals surface area contributed by atoms with Crippen LogP contribution in [0.25, 0.3) is 0 Å². The van der Waals surface area contributed by atoms with E-state index in [0.717, 1.165) is 0 Å². The highest BCUT2D eigenvalue weighted by Gasteiger charge is 2.17. The fraction of sp³-hybridized carbons (Fsp3) is 0.188. The minimum Gasteiger partial charge on any atom is -0.294 e. The predicted octanol–water partition coefficient (Wildman–Crippen LogP) is 3.39. The second-order valence-corrected chi connectivity index (χ2v) is 6.64. The zero-order valence-corrected chi connectivity index (χ0v) is 12.4. The number of rotatable bonds is 5. The van der Waals surface area contributed by atoms with Gasteiger partial charge in [0.05, 0.1) is 10.6 Å². The largest absolute Gasteiger partial charge is 0.294 e. The average molecular weight is 306 g/mol. The van der Waals surface area contributed by atoms with Gasteiger partial charge in [-0.15, -0.1) is 0 Å². The number of carbonyl (C=O) groups excluding carboxylic acids is 1. The van der Waals surface area contributed by atoms with Crippen molar-refractivity contribution in [2.45, 2.75) is 24.0 Å².